The zero-order valence-corrected chi connectivity index (χ0v) is 17.4. The molecular formula is C17H27FIN3OS. The van der Waals surface area contributed by atoms with Crippen molar-refractivity contribution < 1.29 is 9.50 Å². The molecule has 0 radical (unpaired) electrons. The average Bonchev–Trinajstić information content (AvgIpc) is 2.55. The first-order valence-electron chi connectivity index (χ1n) is 8.18. The van der Waals surface area contributed by atoms with Crippen LogP contribution in [-0.2, 0) is 6.54 Å². The van der Waals surface area contributed by atoms with Crippen LogP contribution in [0.3, 0.4) is 0 Å². The summed E-state index contributed by atoms with van der Waals surface area (Å²) in [6, 6.07) is 4.85. The summed E-state index contributed by atoms with van der Waals surface area (Å²) in [4.78, 5) is 4.25. The van der Waals surface area contributed by atoms with E-state index < -0.39 is 5.82 Å². The molecule has 0 aromatic heterocycles. The van der Waals surface area contributed by atoms with Gasteiger partial charge in [0.25, 0.3) is 0 Å². The van der Waals surface area contributed by atoms with Crippen molar-refractivity contribution in [3.63, 3.8) is 0 Å². The fourth-order valence-corrected chi connectivity index (χ4v) is 4.07. The molecule has 2 rings (SSSR count). The monoisotopic (exact) mass is 467 g/mol. The van der Waals surface area contributed by atoms with E-state index in [2.05, 4.69) is 22.5 Å². The van der Waals surface area contributed by atoms with Crippen molar-refractivity contribution in [2.75, 3.05) is 12.8 Å². The molecule has 2 unspecified atom stereocenters. The van der Waals surface area contributed by atoms with Crippen LogP contribution in [0.25, 0.3) is 0 Å². The molecule has 7 heteroatoms. The minimum atomic E-state index is -0.598. The number of phenols is 1. The van der Waals surface area contributed by atoms with Gasteiger partial charge in [-0.25, -0.2) is 4.39 Å². The predicted molar refractivity (Wildman–Crippen MR) is 111 cm³/mol. The third-order valence-electron chi connectivity index (χ3n) is 4.06. The molecule has 0 saturated heterocycles. The quantitative estimate of drug-likeness (QED) is 0.350. The Morgan fingerprint density at radius 2 is 2.21 bits per heavy atom. The number of halogens is 2. The van der Waals surface area contributed by atoms with Crippen LogP contribution < -0.4 is 10.6 Å². The largest absolute Gasteiger partial charge is 0.505 e. The van der Waals surface area contributed by atoms with Crippen molar-refractivity contribution in [3.05, 3.63) is 29.6 Å². The Morgan fingerprint density at radius 1 is 1.42 bits per heavy atom. The normalized spacial score (nSPS) is 21.0. The Hall–Kier alpha value is -0.700. The zero-order chi connectivity index (χ0) is 16.7. The molecule has 3 N–H and O–H groups in total. The van der Waals surface area contributed by atoms with Crippen LogP contribution in [0.2, 0.25) is 0 Å². The third-order valence-corrected chi connectivity index (χ3v) is 5.30. The summed E-state index contributed by atoms with van der Waals surface area (Å²) in [5.74, 6) is 0.985. The summed E-state index contributed by atoms with van der Waals surface area (Å²) in [6.07, 6.45) is 4.87. The molecule has 1 fully saturated rings. The van der Waals surface area contributed by atoms with Gasteiger partial charge < -0.3 is 15.7 Å². The summed E-state index contributed by atoms with van der Waals surface area (Å²) >= 11 is 2.04. The summed E-state index contributed by atoms with van der Waals surface area (Å²) in [5.41, 5.74) is 0.770. The van der Waals surface area contributed by atoms with Gasteiger partial charge in [-0.3, -0.25) is 4.99 Å². The van der Waals surface area contributed by atoms with E-state index in [1.165, 1.54) is 25.0 Å². The van der Waals surface area contributed by atoms with Crippen molar-refractivity contribution in [1.29, 1.82) is 0 Å². The van der Waals surface area contributed by atoms with Crippen LogP contribution in [0, 0.1) is 5.82 Å². The van der Waals surface area contributed by atoms with Gasteiger partial charge in [-0.05, 0) is 42.7 Å². The number of nitrogens with one attached hydrogen (secondary N) is 2. The van der Waals surface area contributed by atoms with Crippen LogP contribution in [0.5, 0.6) is 5.75 Å². The second kappa shape index (κ2) is 11.0. The molecule has 0 heterocycles. The molecule has 0 spiro atoms. The summed E-state index contributed by atoms with van der Waals surface area (Å²) in [6.45, 7) is 2.68. The van der Waals surface area contributed by atoms with Gasteiger partial charge in [0.05, 0.1) is 0 Å². The molecule has 136 valence electrons. The first-order chi connectivity index (χ1) is 11.1. The van der Waals surface area contributed by atoms with Crippen LogP contribution in [0.15, 0.2) is 23.2 Å². The second-order valence-corrected chi connectivity index (χ2v) is 7.37. The molecule has 1 saturated carbocycles. The Kier molecular flexibility index (Phi) is 9.80. The van der Waals surface area contributed by atoms with Crippen molar-refractivity contribution in [2.24, 2.45) is 4.99 Å². The van der Waals surface area contributed by atoms with E-state index in [1.807, 2.05) is 11.8 Å². The van der Waals surface area contributed by atoms with Gasteiger partial charge in [-0.1, -0.05) is 19.4 Å². The standard InChI is InChI=1S/C17H26FN3OS.HI/c1-3-23-14-6-4-5-13(10-14)21-17(19-2)20-11-12-7-8-16(22)15(18)9-12;/h7-9,13-14,22H,3-6,10-11H2,1-2H3,(H2,19,20,21);1H. The molecule has 24 heavy (non-hydrogen) atoms. The maximum atomic E-state index is 13.3. The van der Waals surface area contributed by atoms with Gasteiger partial charge in [0.2, 0.25) is 0 Å². The molecule has 0 aliphatic heterocycles. The highest BCUT2D eigenvalue weighted by atomic mass is 127. The first-order valence-corrected chi connectivity index (χ1v) is 9.23. The average molecular weight is 467 g/mol. The first kappa shape index (κ1) is 21.3. The number of hydrogen-bond acceptors (Lipinski definition) is 3. The Morgan fingerprint density at radius 3 is 2.88 bits per heavy atom. The minimum Gasteiger partial charge on any atom is -0.505 e. The maximum Gasteiger partial charge on any atom is 0.191 e. The summed E-state index contributed by atoms with van der Waals surface area (Å²) in [7, 11) is 1.74. The van der Waals surface area contributed by atoms with Crippen LogP contribution in [0.1, 0.15) is 38.2 Å². The van der Waals surface area contributed by atoms with E-state index in [-0.39, 0.29) is 29.7 Å². The van der Waals surface area contributed by atoms with Gasteiger partial charge in [0, 0.05) is 24.9 Å². The number of hydrogen-bond donors (Lipinski definition) is 3. The lowest BCUT2D eigenvalue weighted by Crippen LogP contribution is -2.45. The van der Waals surface area contributed by atoms with Crippen molar-refractivity contribution in [3.8, 4) is 5.75 Å². The molecule has 0 bridgehead atoms. The van der Waals surface area contributed by atoms with Crippen molar-refractivity contribution >= 4 is 41.7 Å². The van der Waals surface area contributed by atoms with E-state index in [0.717, 1.165) is 35.4 Å². The van der Waals surface area contributed by atoms with Crippen molar-refractivity contribution in [1.82, 2.24) is 10.6 Å². The topological polar surface area (TPSA) is 56.7 Å². The Balaban J connectivity index is 0.00000288. The van der Waals surface area contributed by atoms with Gasteiger partial charge >= 0.3 is 0 Å². The van der Waals surface area contributed by atoms with Gasteiger partial charge in [-0.15, -0.1) is 24.0 Å². The predicted octanol–water partition coefficient (Wildman–Crippen LogP) is 3.88. The van der Waals surface area contributed by atoms with E-state index >= 15 is 0 Å². The fourth-order valence-electron chi connectivity index (χ4n) is 2.90. The summed E-state index contributed by atoms with van der Waals surface area (Å²) in [5, 5.41) is 16.6. The molecular weight excluding hydrogens is 440 g/mol. The van der Waals surface area contributed by atoms with E-state index in [9.17, 15) is 9.50 Å². The SMILES string of the molecule is CCSC1CCCC(NC(=NC)NCc2ccc(O)c(F)c2)C1.I. The van der Waals surface area contributed by atoms with Gasteiger partial charge in [-0.2, -0.15) is 11.8 Å². The van der Waals surface area contributed by atoms with Crippen LogP contribution in [0.4, 0.5) is 4.39 Å². The lowest BCUT2D eigenvalue weighted by Gasteiger charge is -2.30. The lowest BCUT2D eigenvalue weighted by molar-refractivity contribution is 0.418. The molecule has 2 atom stereocenters. The number of benzene rings is 1. The number of phenolic OH excluding ortho intramolecular Hbond substituents is 1. The molecule has 1 aromatic carbocycles. The highest BCUT2D eigenvalue weighted by Crippen LogP contribution is 2.28. The Bertz CT molecular complexity index is 543. The molecule has 1 aliphatic carbocycles. The number of aliphatic imine (C=N–C) groups is 1. The zero-order valence-electron chi connectivity index (χ0n) is 14.2. The molecule has 1 aromatic rings. The van der Waals surface area contributed by atoms with E-state index in [4.69, 9.17) is 0 Å². The molecule has 0 amide bonds. The molecule has 4 nitrogen and oxygen atoms in total. The van der Waals surface area contributed by atoms with Crippen LogP contribution in [-0.4, -0.2) is 35.2 Å². The van der Waals surface area contributed by atoms with E-state index in [1.54, 1.807) is 13.1 Å². The minimum absolute atomic E-state index is 0. The lowest BCUT2D eigenvalue weighted by atomic mass is 9.95. The number of guanidine groups is 1. The Labute approximate surface area is 165 Å². The summed E-state index contributed by atoms with van der Waals surface area (Å²) < 4.78 is 13.3. The second-order valence-electron chi connectivity index (χ2n) is 5.80. The number of thioether (sulfide) groups is 1. The van der Waals surface area contributed by atoms with Crippen molar-refractivity contribution in [2.45, 2.75) is 50.4 Å². The molecule has 1 aliphatic rings. The maximum absolute atomic E-state index is 13.3. The van der Waals surface area contributed by atoms with Crippen LogP contribution >= 0.6 is 35.7 Å². The van der Waals surface area contributed by atoms with Gasteiger partial charge in [0.1, 0.15) is 0 Å². The third kappa shape index (κ3) is 6.66. The van der Waals surface area contributed by atoms with Gasteiger partial charge in [0.15, 0.2) is 17.5 Å². The highest BCUT2D eigenvalue weighted by molar-refractivity contribution is 14.0. The highest BCUT2D eigenvalue weighted by Gasteiger charge is 2.22. The van der Waals surface area contributed by atoms with E-state index in [0.29, 0.717) is 12.6 Å². The smallest absolute Gasteiger partial charge is 0.191 e. The number of rotatable bonds is 5. The number of aromatic hydroxyl groups is 1. The fraction of sp³-hybridized carbons (Fsp3) is 0.588. The number of nitrogens with zero attached hydrogens (tertiary/aromatic N) is 1.